The molecule has 0 amide bonds. The average molecular weight is 415 g/mol. The number of hydrogen-bond acceptors (Lipinski definition) is 5. The number of hydrogen-bond donors (Lipinski definition) is 0. The Balaban J connectivity index is -0.000000334. The molecule has 1 rings (SSSR count). The summed E-state index contributed by atoms with van der Waals surface area (Å²) in [6, 6.07) is 9.31. The van der Waals surface area contributed by atoms with Crippen molar-refractivity contribution in [3.63, 3.8) is 0 Å². The van der Waals surface area contributed by atoms with Gasteiger partial charge in [0.15, 0.2) is 9.84 Å². The van der Waals surface area contributed by atoms with Gasteiger partial charge in [0.2, 0.25) is 0 Å². The van der Waals surface area contributed by atoms with Gasteiger partial charge in [-0.3, -0.25) is 4.79 Å². The third kappa shape index (κ3) is 31.8. The Morgan fingerprint density at radius 1 is 0.929 bits per heavy atom. The second-order valence-corrected chi connectivity index (χ2v) is 7.69. The first-order chi connectivity index (χ1) is 13.1. The predicted octanol–water partition coefficient (Wildman–Crippen LogP) is 5.45. The van der Waals surface area contributed by atoms with Crippen LogP contribution in [0, 0.1) is 0 Å². The minimum absolute atomic E-state index is 0.123. The van der Waals surface area contributed by atoms with Crippen LogP contribution in [-0.4, -0.2) is 33.0 Å². The zero-order chi connectivity index (χ0) is 22.4. The molecule has 6 heteroatoms. The third-order valence-corrected chi connectivity index (χ3v) is 3.53. The van der Waals surface area contributed by atoms with Crippen molar-refractivity contribution < 1.29 is 22.7 Å². The summed E-state index contributed by atoms with van der Waals surface area (Å²) in [7, 11) is -3.00. The molecule has 0 radical (unpaired) electrons. The monoisotopic (exact) mass is 414 g/mol. The topological polar surface area (TPSA) is 77.5 Å². The Bertz CT molecular complexity index is 618. The molecule has 0 saturated heterocycles. The number of esters is 1. The number of ether oxygens (including phenoxy) is 1. The molecule has 0 aromatic heterocycles. The Morgan fingerprint density at radius 3 is 1.64 bits per heavy atom. The lowest BCUT2D eigenvalue weighted by Crippen LogP contribution is -2.00. The summed E-state index contributed by atoms with van der Waals surface area (Å²) in [5, 5.41) is 1.20. The van der Waals surface area contributed by atoms with Gasteiger partial charge in [0.25, 0.3) is 0 Å². The molecule has 0 fully saturated rings. The van der Waals surface area contributed by atoms with E-state index < -0.39 is 9.84 Å². The van der Waals surface area contributed by atoms with Crippen molar-refractivity contribution in [3.05, 3.63) is 41.3 Å². The van der Waals surface area contributed by atoms with Gasteiger partial charge in [0.05, 0.1) is 6.61 Å². The predicted molar refractivity (Wildman–Crippen MR) is 119 cm³/mol. The summed E-state index contributed by atoms with van der Waals surface area (Å²) in [5.74, 6) is 0.132. The van der Waals surface area contributed by atoms with Crippen molar-refractivity contribution in [2.75, 3.05) is 12.9 Å². The molecule has 0 bridgehead atoms. The molecule has 0 saturated carbocycles. The molecule has 1 aromatic rings. The zero-order valence-electron chi connectivity index (χ0n) is 18.5. The summed E-state index contributed by atoms with van der Waals surface area (Å²) >= 11 is 0. The number of ketones is 1. The van der Waals surface area contributed by atoms with E-state index in [1.165, 1.54) is 24.5 Å². The van der Waals surface area contributed by atoms with Gasteiger partial charge in [-0.25, -0.2) is 8.42 Å². The van der Waals surface area contributed by atoms with Crippen LogP contribution in [0.15, 0.2) is 35.7 Å². The van der Waals surface area contributed by atoms with Crippen LogP contribution in [0.5, 0.6) is 0 Å². The Hall–Kier alpha value is -1.95. The molecule has 0 N–H and O–H groups in total. The van der Waals surface area contributed by atoms with Crippen LogP contribution in [0.1, 0.15) is 72.8 Å². The Morgan fingerprint density at radius 2 is 1.39 bits per heavy atom. The number of unbranched alkanes of at least 4 members (excludes halogenated alkanes) is 1. The van der Waals surface area contributed by atoms with Crippen molar-refractivity contribution in [1.29, 1.82) is 0 Å². The van der Waals surface area contributed by atoms with Crippen molar-refractivity contribution in [2.24, 2.45) is 0 Å². The van der Waals surface area contributed by atoms with E-state index >= 15 is 0 Å². The number of carbonyl (C=O) groups excluding carboxylic acids is 2. The molecule has 0 heterocycles. The normalized spacial score (nSPS) is 9.68. The summed E-state index contributed by atoms with van der Waals surface area (Å²) in [6.45, 7) is 11.9. The lowest BCUT2D eigenvalue weighted by molar-refractivity contribution is -0.142. The fourth-order valence-corrected chi connectivity index (χ4v) is 1.43. The molecule has 0 spiro atoms. The highest BCUT2D eigenvalue weighted by Gasteiger charge is 1.92. The lowest BCUT2D eigenvalue weighted by atomic mass is 10.2. The van der Waals surface area contributed by atoms with E-state index in [0.29, 0.717) is 19.4 Å². The van der Waals surface area contributed by atoms with E-state index in [1.54, 1.807) is 26.8 Å². The average Bonchev–Trinajstić information content (AvgIpc) is 2.68. The maximum Gasteiger partial charge on any atom is 0.305 e. The first kappa shape index (κ1) is 30.8. The highest BCUT2D eigenvalue weighted by molar-refractivity contribution is 7.93. The van der Waals surface area contributed by atoms with Crippen LogP contribution in [0.2, 0.25) is 0 Å². The second-order valence-electron chi connectivity index (χ2n) is 5.76. The number of benzene rings is 1. The maximum atomic E-state index is 10.7. The van der Waals surface area contributed by atoms with E-state index in [1.807, 2.05) is 37.3 Å². The maximum absolute atomic E-state index is 10.7. The molecule has 1 aromatic carbocycles. The molecular formula is C22H38O5S. The van der Waals surface area contributed by atoms with Gasteiger partial charge < -0.3 is 9.53 Å². The molecule has 162 valence electrons. The SMILES string of the molecule is CCC(C)=O.CCCC.CCOC(=O)CC.CS(=O)(=O)/C=C/c1ccccc1. The van der Waals surface area contributed by atoms with Crippen molar-refractivity contribution in [1.82, 2.24) is 0 Å². The summed E-state index contributed by atoms with van der Waals surface area (Å²) in [6.07, 6.45) is 6.54. The molecule has 0 aliphatic heterocycles. The molecule has 0 aliphatic carbocycles. The summed E-state index contributed by atoms with van der Waals surface area (Å²) in [4.78, 5) is 20.0. The second kappa shape index (κ2) is 21.4. The van der Waals surface area contributed by atoms with Gasteiger partial charge in [0, 0.05) is 24.5 Å². The molecule has 0 unspecified atom stereocenters. The molecular weight excluding hydrogens is 376 g/mol. The first-order valence-corrected chi connectivity index (χ1v) is 11.6. The van der Waals surface area contributed by atoms with Crippen molar-refractivity contribution in [2.45, 2.75) is 67.2 Å². The van der Waals surface area contributed by atoms with Crippen LogP contribution in [0.4, 0.5) is 0 Å². The Labute approximate surface area is 172 Å². The molecule has 28 heavy (non-hydrogen) atoms. The van der Waals surface area contributed by atoms with E-state index in [9.17, 15) is 18.0 Å². The van der Waals surface area contributed by atoms with E-state index in [4.69, 9.17) is 0 Å². The van der Waals surface area contributed by atoms with Crippen LogP contribution >= 0.6 is 0 Å². The standard InChI is InChI=1S/C9H10O2S.C5H10O2.C4H8O.C4H10/c1-12(10,11)8-7-9-5-3-2-4-6-9;1-3-5(6)7-4-2;1-3-4(2)5;1-3-4-2/h2-8H,1H3;3-4H2,1-2H3;3H2,1-2H3;3-4H2,1-2H3/b8-7+;;;. The van der Waals surface area contributed by atoms with E-state index in [-0.39, 0.29) is 11.8 Å². The van der Waals surface area contributed by atoms with Crippen LogP contribution in [-0.2, 0) is 24.2 Å². The quantitative estimate of drug-likeness (QED) is 0.578. The van der Waals surface area contributed by atoms with E-state index in [2.05, 4.69) is 18.6 Å². The van der Waals surface area contributed by atoms with Crippen LogP contribution in [0.3, 0.4) is 0 Å². The van der Waals surface area contributed by atoms with Crippen molar-refractivity contribution in [3.8, 4) is 0 Å². The van der Waals surface area contributed by atoms with Crippen LogP contribution in [0.25, 0.3) is 6.08 Å². The van der Waals surface area contributed by atoms with Gasteiger partial charge in [-0.05, 0) is 25.5 Å². The van der Waals surface area contributed by atoms with Gasteiger partial charge in [0.1, 0.15) is 5.78 Å². The van der Waals surface area contributed by atoms with Gasteiger partial charge in [-0.1, -0.05) is 70.9 Å². The fourth-order valence-electron chi connectivity index (χ4n) is 1.03. The van der Waals surface area contributed by atoms with Crippen molar-refractivity contribution >= 4 is 27.7 Å². The summed E-state index contributed by atoms with van der Waals surface area (Å²) in [5.41, 5.74) is 0.892. The van der Waals surface area contributed by atoms with Gasteiger partial charge in [-0.2, -0.15) is 0 Å². The summed E-state index contributed by atoms with van der Waals surface area (Å²) < 4.78 is 26.0. The Kier molecular flexibility index (Phi) is 23.5. The molecule has 5 nitrogen and oxygen atoms in total. The first-order valence-electron chi connectivity index (χ1n) is 9.65. The number of sulfone groups is 1. The fraction of sp³-hybridized carbons (Fsp3) is 0.545. The van der Waals surface area contributed by atoms with Crippen LogP contribution < -0.4 is 0 Å². The highest BCUT2D eigenvalue weighted by Crippen LogP contribution is 2.02. The third-order valence-electron chi connectivity index (χ3n) is 2.90. The molecule has 0 atom stereocenters. The van der Waals surface area contributed by atoms with Gasteiger partial charge >= 0.3 is 5.97 Å². The molecule has 0 aliphatic rings. The number of carbonyl (C=O) groups is 2. The number of rotatable bonds is 6. The minimum atomic E-state index is -3.00. The zero-order valence-corrected chi connectivity index (χ0v) is 19.3. The number of Topliss-reactive ketones (excluding diaryl/α,β-unsaturated/α-hetero) is 1. The largest absolute Gasteiger partial charge is 0.466 e. The smallest absolute Gasteiger partial charge is 0.305 e. The van der Waals surface area contributed by atoms with Gasteiger partial charge in [-0.15, -0.1) is 0 Å². The van der Waals surface area contributed by atoms with E-state index in [0.717, 1.165) is 5.56 Å². The highest BCUT2D eigenvalue weighted by atomic mass is 32.2. The minimum Gasteiger partial charge on any atom is -0.466 e. The lowest BCUT2D eigenvalue weighted by Gasteiger charge is -1.93.